The summed E-state index contributed by atoms with van der Waals surface area (Å²) in [4.78, 5) is 16.1. The fourth-order valence-corrected chi connectivity index (χ4v) is 4.37. The Morgan fingerprint density at radius 3 is 1.86 bits per heavy atom. The molecule has 0 bridgehead atoms. The van der Waals surface area contributed by atoms with Gasteiger partial charge >= 0.3 is 0 Å². The van der Waals surface area contributed by atoms with Crippen LogP contribution in [-0.2, 0) is 17.9 Å². The minimum absolute atomic E-state index is 0.0975. The molecule has 4 aromatic carbocycles. The van der Waals surface area contributed by atoms with E-state index in [1.165, 1.54) is 0 Å². The molecule has 5 nitrogen and oxygen atoms in total. The third-order valence-corrected chi connectivity index (χ3v) is 6.00. The molecule has 0 spiro atoms. The van der Waals surface area contributed by atoms with Crippen LogP contribution in [0.1, 0.15) is 22.7 Å². The summed E-state index contributed by atoms with van der Waals surface area (Å²) >= 11 is 0. The Labute approximate surface area is 205 Å². The summed E-state index contributed by atoms with van der Waals surface area (Å²) in [6.45, 7) is 2.29. The lowest BCUT2D eigenvalue weighted by Gasteiger charge is -2.31. The predicted octanol–water partition coefficient (Wildman–Crippen LogP) is 5.84. The Morgan fingerprint density at radius 2 is 1.26 bits per heavy atom. The van der Waals surface area contributed by atoms with Crippen LogP contribution in [0.3, 0.4) is 0 Å². The predicted molar refractivity (Wildman–Crippen MR) is 137 cm³/mol. The number of benzene rings is 4. The maximum Gasteiger partial charge on any atom is 0.246 e. The average Bonchev–Trinajstić information content (AvgIpc) is 2.90. The second kappa shape index (κ2) is 10.9. The molecule has 0 saturated carbocycles. The van der Waals surface area contributed by atoms with Gasteiger partial charge in [0.15, 0.2) is 11.5 Å². The maximum atomic E-state index is 13.9. The summed E-state index contributed by atoms with van der Waals surface area (Å²) in [5.41, 5.74) is 3.92. The summed E-state index contributed by atoms with van der Waals surface area (Å²) < 4.78 is 11.3. The highest BCUT2D eigenvalue weighted by Crippen LogP contribution is 2.34. The first kappa shape index (κ1) is 22.7. The smallest absolute Gasteiger partial charge is 0.246 e. The van der Waals surface area contributed by atoms with Crippen molar-refractivity contribution in [2.24, 2.45) is 0 Å². The van der Waals surface area contributed by atoms with Gasteiger partial charge in [-0.05, 0) is 28.8 Å². The molecule has 0 radical (unpaired) electrons. The van der Waals surface area contributed by atoms with Crippen LogP contribution >= 0.6 is 0 Å². The molecule has 5 rings (SSSR count). The lowest BCUT2D eigenvalue weighted by Crippen LogP contribution is -2.36. The maximum absolute atomic E-state index is 13.9. The number of hydrogen-bond donors (Lipinski definition) is 1. The highest BCUT2D eigenvalue weighted by Gasteiger charge is 2.28. The SMILES string of the molecule is O=C(Nc1ccc2c(c1)OCCO2)[C@H](c1ccccc1)N(Cc1ccccc1)Cc1ccccc1. The van der Waals surface area contributed by atoms with Crippen molar-refractivity contribution < 1.29 is 14.3 Å². The van der Waals surface area contributed by atoms with Gasteiger partial charge in [-0.1, -0.05) is 91.0 Å². The Balaban J connectivity index is 1.48. The normalized spacial score (nSPS) is 13.3. The van der Waals surface area contributed by atoms with E-state index in [4.69, 9.17) is 9.47 Å². The van der Waals surface area contributed by atoms with Crippen LogP contribution in [0, 0.1) is 0 Å². The van der Waals surface area contributed by atoms with Gasteiger partial charge < -0.3 is 14.8 Å². The zero-order chi connectivity index (χ0) is 23.9. The molecular weight excluding hydrogens is 436 g/mol. The van der Waals surface area contributed by atoms with Crippen LogP contribution in [0.2, 0.25) is 0 Å². The highest BCUT2D eigenvalue weighted by molar-refractivity contribution is 5.95. The van der Waals surface area contributed by atoms with Gasteiger partial charge in [-0.2, -0.15) is 0 Å². The Hall–Kier alpha value is -4.09. The molecular formula is C30H28N2O3. The molecule has 176 valence electrons. The first-order valence-electron chi connectivity index (χ1n) is 11.8. The number of rotatable bonds is 8. The molecule has 0 unspecified atom stereocenters. The van der Waals surface area contributed by atoms with Crippen molar-refractivity contribution in [3.05, 3.63) is 126 Å². The molecule has 1 aliphatic heterocycles. The zero-order valence-corrected chi connectivity index (χ0v) is 19.5. The number of nitrogens with one attached hydrogen (secondary N) is 1. The number of fused-ring (bicyclic) bond motifs is 1. The number of nitrogens with zero attached hydrogens (tertiary/aromatic N) is 1. The highest BCUT2D eigenvalue weighted by atomic mass is 16.6. The number of carbonyl (C=O) groups is 1. The van der Waals surface area contributed by atoms with E-state index >= 15 is 0 Å². The van der Waals surface area contributed by atoms with Gasteiger partial charge in [0.05, 0.1) is 0 Å². The first-order valence-corrected chi connectivity index (χ1v) is 11.8. The standard InChI is InChI=1S/C30H28N2O3/c33-30(31-26-16-17-27-28(20-26)35-19-18-34-27)29(25-14-8-3-9-15-25)32(21-23-10-4-1-5-11-23)22-24-12-6-2-7-13-24/h1-17,20,29H,18-19,21-22H2,(H,31,33)/t29-/m0/s1. The largest absolute Gasteiger partial charge is 0.486 e. The van der Waals surface area contributed by atoms with Crippen LogP contribution in [-0.4, -0.2) is 24.0 Å². The third-order valence-electron chi connectivity index (χ3n) is 6.00. The molecule has 1 aliphatic rings. The number of carbonyl (C=O) groups excluding carboxylic acids is 1. The Bertz CT molecular complexity index is 1210. The first-order chi connectivity index (χ1) is 17.3. The van der Waals surface area contributed by atoms with E-state index in [2.05, 4.69) is 34.5 Å². The number of amides is 1. The van der Waals surface area contributed by atoms with Crippen molar-refractivity contribution in [3.63, 3.8) is 0 Å². The topological polar surface area (TPSA) is 50.8 Å². The summed E-state index contributed by atoms with van der Waals surface area (Å²) in [5.74, 6) is 1.25. The van der Waals surface area contributed by atoms with Gasteiger partial charge in [0, 0.05) is 24.8 Å². The van der Waals surface area contributed by atoms with E-state index in [0.29, 0.717) is 43.5 Å². The second-order valence-electron chi connectivity index (χ2n) is 8.54. The third kappa shape index (κ3) is 5.70. The van der Waals surface area contributed by atoms with Gasteiger partial charge in [0.1, 0.15) is 19.3 Å². The summed E-state index contributed by atoms with van der Waals surface area (Å²) in [6, 6.07) is 35.5. The van der Waals surface area contributed by atoms with Crippen LogP contribution < -0.4 is 14.8 Å². The van der Waals surface area contributed by atoms with Crippen molar-refractivity contribution in [1.82, 2.24) is 4.90 Å². The number of hydrogen-bond acceptors (Lipinski definition) is 4. The summed E-state index contributed by atoms with van der Waals surface area (Å²) in [5, 5.41) is 3.13. The van der Waals surface area contributed by atoms with E-state index in [9.17, 15) is 4.79 Å². The molecule has 0 saturated heterocycles. The lowest BCUT2D eigenvalue weighted by atomic mass is 10.0. The van der Waals surface area contributed by atoms with E-state index in [1.807, 2.05) is 84.9 Å². The number of anilines is 1. The molecule has 1 heterocycles. The van der Waals surface area contributed by atoms with E-state index < -0.39 is 6.04 Å². The van der Waals surface area contributed by atoms with Gasteiger partial charge in [-0.3, -0.25) is 9.69 Å². The summed E-state index contributed by atoms with van der Waals surface area (Å²) in [7, 11) is 0. The van der Waals surface area contributed by atoms with E-state index in [1.54, 1.807) is 0 Å². The van der Waals surface area contributed by atoms with Crippen molar-refractivity contribution in [1.29, 1.82) is 0 Å². The fraction of sp³-hybridized carbons (Fsp3) is 0.167. The molecule has 0 aliphatic carbocycles. The average molecular weight is 465 g/mol. The zero-order valence-electron chi connectivity index (χ0n) is 19.5. The van der Waals surface area contributed by atoms with Gasteiger partial charge in [-0.15, -0.1) is 0 Å². The molecule has 1 N–H and O–H groups in total. The quantitative estimate of drug-likeness (QED) is 0.356. The van der Waals surface area contributed by atoms with Gasteiger partial charge in [-0.25, -0.2) is 0 Å². The van der Waals surface area contributed by atoms with Crippen molar-refractivity contribution in [3.8, 4) is 11.5 Å². The minimum Gasteiger partial charge on any atom is -0.486 e. The van der Waals surface area contributed by atoms with Crippen LogP contribution in [0.4, 0.5) is 5.69 Å². The van der Waals surface area contributed by atoms with Gasteiger partial charge in [0.2, 0.25) is 5.91 Å². The van der Waals surface area contributed by atoms with E-state index in [0.717, 1.165) is 16.7 Å². The molecule has 0 fully saturated rings. The van der Waals surface area contributed by atoms with Crippen LogP contribution in [0.15, 0.2) is 109 Å². The van der Waals surface area contributed by atoms with Crippen LogP contribution in [0.25, 0.3) is 0 Å². The Kier molecular flexibility index (Phi) is 7.06. The van der Waals surface area contributed by atoms with Gasteiger partial charge in [0.25, 0.3) is 0 Å². The molecule has 5 heteroatoms. The molecule has 1 atom stereocenters. The molecule has 1 amide bonds. The second-order valence-corrected chi connectivity index (χ2v) is 8.54. The number of ether oxygens (including phenoxy) is 2. The minimum atomic E-state index is -0.496. The fourth-order valence-electron chi connectivity index (χ4n) is 4.37. The van der Waals surface area contributed by atoms with Crippen LogP contribution in [0.5, 0.6) is 11.5 Å². The van der Waals surface area contributed by atoms with Crippen molar-refractivity contribution in [2.45, 2.75) is 19.1 Å². The Morgan fingerprint density at radius 1 is 0.714 bits per heavy atom. The van der Waals surface area contributed by atoms with Crippen molar-refractivity contribution in [2.75, 3.05) is 18.5 Å². The monoisotopic (exact) mass is 464 g/mol. The molecule has 4 aromatic rings. The van der Waals surface area contributed by atoms with Crippen molar-refractivity contribution >= 4 is 11.6 Å². The van der Waals surface area contributed by atoms with E-state index in [-0.39, 0.29) is 5.91 Å². The lowest BCUT2D eigenvalue weighted by molar-refractivity contribution is -0.122. The summed E-state index contributed by atoms with van der Waals surface area (Å²) in [6.07, 6.45) is 0. The molecule has 0 aromatic heterocycles. The molecule has 35 heavy (non-hydrogen) atoms.